The van der Waals surface area contributed by atoms with Crippen molar-refractivity contribution in [2.45, 2.75) is 44.8 Å². The topological polar surface area (TPSA) is 104 Å². The minimum Gasteiger partial charge on any atom is -0.479 e. The number of nitrogens with zero attached hydrogens (tertiary/aromatic N) is 1. The normalized spacial score (nSPS) is 32.7. The Labute approximate surface area is 110 Å². The van der Waals surface area contributed by atoms with Crippen LogP contribution >= 0.6 is 0 Å². The van der Waals surface area contributed by atoms with Gasteiger partial charge < -0.3 is 14.9 Å². The van der Waals surface area contributed by atoms with Crippen LogP contribution in [0.2, 0.25) is 0 Å². The largest absolute Gasteiger partial charge is 0.479 e. The molecular weight excluding hydrogens is 254 g/mol. The van der Waals surface area contributed by atoms with Gasteiger partial charge in [0, 0.05) is 6.54 Å². The van der Waals surface area contributed by atoms with Crippen molar-refractivity contribution in [1.29, 1.82) is 0 Å². The van der Waals surface area contributed by atoms with Crippen molar-refractivity contribution in [2.24, 2.45) is 5.41 Å². The fourth-order valence-electron chi connectivity index (χ4n) is 2.94. The molecule has 3 aliphatic rings. The quantitative estimate of drug-likeness (QED) is 0.724. The highest BCUT2D eigenvalue weighted by Gasteiger charge is 2.74. The summed E-state index contributed by atoms with van der Waals surface area (Å²) in [7, 11) is 0. The molecule has 0 aromatic heterocycles. The van der Waals surface area contributed by atoms with Gasteiger partial charge >= 0.3 is 18.0 Å². The van der Waals surface area contributed by atoms with Crippen molar-refractivity contribution in [1.82, 2.24) is 4.90 Å². The molecule has 0 radical (unpaired) electrons. The number of rotatable bonds is 2. The van der Waals surface area contributed by atoms with E-state index in [1.807, 2.05) is 0 Å². The number of hydrogen-bond donors (Lipinski definition) is 2. The Morgan fingerprint density at radius 3 is 2.00 bits per heavy atom. The van der Waals surface area contributed by atoms with Crippen molar-refractivity contribution < 1.29 is 29.3 Å². The molecule has 0 aromatic carbocycles. The minimum absolute atomic E-state index is 0.00343. The third-order valence-electron chi connectivity index (χ3n) is 3.70. The van der Waals surface area contributed by atoms with Gasteiger partial charge in [-0.05, 0) is 33.6 Å². The molecule has 2 bridgehead atoms. The van der Waals surface area contributed by atoms with Crippen molar-refractivity contribution in [2.75, 3.05) is 6.54 Å². The van der Waals surface area contributed by atoms with Gasteiger partial charge in [0.15, 0.2) is 0 Å². The van der Waals surface area contributed by atoms with Crippen molar-refractivity contribution in [3.05, 3.63) is 0 Å². The maximum Gasteiger partial charge on any atom is 0.408 e. The van der Waals surface area contributed by atoms with Crippen LogP contribution in [0.5, 0.6) is 0 Å². The molecule has 2 N–H and O–H groups in total. The summed E-state index contributed by atoms with van der Waals surface area (Å²) >= 11 is 0. The monoisotopic (exact) mass is 271 g/mol. The molecule has 0 aromatic rings. The van der Waals surface area contributed by atoms with Crippen LogP contribution in [0, 0.1) is 5.41 Å². The molecule has 1 amide bonds. The van der Waals surface area contributed by atoms with E-state index in [1.165, 1.54) is 0 Å². The number of carbonyl (C=O) groups is 3. The average Bonchev–Trinajstić information content (AvgIpc) is 2.64. The molecule has 0 unspecified atom stereocenters. The van der Waals surface area contributed by atoms with Gasteiger partial charge in [-0.2, -0.15) is 0 Å². The van der Waals surface area contributed by atoms with Gasteiger partial charge in [0.1, 0.15) is 11.1 Å². The third-order valence-corrected chi connectivity index (χ3v) is 3.70. The van der Waals surface area contributed by atoms with Crippen LogP contribution in [0.1, 0.15) is 33.6 Å². The summed E-state index contributed by atoms with van der Waals surface area (Å²) < 4.78 is 5.26. The highest BCUT2D eigenvalue weighted by Crippen LogP contribution is 2.60. The van der Waals surface area contributed by atoms with Crippen LogP contribution in [0.4, 0.5) is 4.79 Å². The van der Waals surface area contributed by atoms with Crippen molar-refractivity contribution in [3.63, 3.8) is 0 Å². The fraction of sp³-hybridized carbons (Fsp3) is 0.750. The summed E-state index contributed by atoms with van der Waals surface area (Å²) in [5.74, 6) is -1.72. The summed E-state index contributed by atoms with van der Waals surface area (Å²) in [6.45, 7) is 5.04. The number of aliphatic carboxylic acids is 1. The van der Waals surface area contributed by atoms with Gasteiger partial charge in [0.2, 0.25) is 0 Å². The molecule has 7 heteroatoms. The lowest BCUT2D eigenvalue weighted by molar-refractivity contribution is -0.175. The highest BCUT2D eigenvalue weighted by atomic mass is 16.6. The molecule has 2 heterocycles. The maximum absolute atomic E-state index is 12.1. The number of carboxylic acids is 1. The van der Waals surface area contributed by atoms with E-state index in [0.29, 0.717) is 0 Å². The molecule has 3 fully saturated rings. The number of esters is 1. The number of carbonyl (C=O) groups excluding carboxylic acids is 1. The molecule has 1 aliphatic carbocycles. The molecule has 0 atom stereocenters. The van der Waals surface area contributed by atoms with Gasteiger partial charge in [-0.3, -0.25) is 9.69 Å². The Kier molecular flexibility index (Phi) is 2.59. The average molecular weight is 271 g/mol. The molecule has 2 aliphatic heterocycles. The first-order valence-electron chi connectivity index (χ1n) is 6.00. The first kappa shape index (κ1) is 13.6. The van der Waals surface area contributed by atoms with Gasteiger partial charge in [-0.15, -0.1) is 0 Å². The third kappa shape index (κ3) is 1.84. The lowest BCUT2D eigenvalue weighted by Gasteiger charge is -2.42. The van der Waals surface area contributed by atoms with Crippen LogP contribution in [0.15, 0.2) is 0 Å². The molecule has 0 spiro atoms. The fourth-order valence-corrected chi connectivity index (χ4v) is 2.94. The van der Waals surface area contributed by atoms with E-state index in [2.05, 4.69) is 0 Å². The Morgan fingerprint density at radius 2 is 1.68 bits per heavy atom. The van der Waals surface area contributed by atoms with Gasteiger partial charge in [0.05, 0.1) is 5.41 Å². The summed E-state index contributed by atoms with van der Waals surface area (Å²) in [6.07, 6.45) is -1.32. The van der Waals surface area contributed by atoms with E-state index < -0.39 is 34.6 Å². The van der Waals surface area contributed by atoms with Gasteiger partial charge in [-0.1, -0.05) is 0 Å². The zero-order chi connectivity index (χ0) is 14.6. The zero-order valence-electron chi connectivity index (χ0n) is 11.1. The van der Waals surface area contributed by atoms with E-state index in [-0.39, 0.29) is 19.4 Å². The van der Waals surface area contributed by atoms with Crippen molar-refractivity contribution >= 4 is 18.0 Å². The van der Waals surface area contributed by atoms with Crippen LogP contribution in [0.3, 0.4) is 0 Å². The molecule has 106 valence electrons. The Balaban J connectivity index is 2.22. The molecule has 7 nitrogen and oxygen atoms in total. The van der Waals surface area contributed by atoms with E-state index in [0.717, 1.165) is 4.90 Å². The van der Waals surface area contributed by atoms with Crippen LogP contribution < -0.4 is 0 Å². The first-order valence-corrected chi connectivity index (χ1v) is 6.00. The Hall–Kier alpha value is -1.79. The van der Waals surface area contributed by atoms with E-state index in [9.17, 15) is 19.5 Å². The zero-order valence-corrected chi connectivity index (χ0v) is 11.1. The highest BCUT2D eigenvalue weighted by molar-refractivity contribution is 5.93. The van der Waals surface area contributed by atoms with E-state index in [4.69, 9.17) is 9.84 Å². The maximum atomic E-state index is 12.1. The summed E-state index contributed by atoms with van der Waals surface area (Å²) in [5, 5.41) is 18.3. The first-order chi connectivity index (χ1) is 8.52. The van der Waals surface area contributed by atoms with Gasteiger partial charge in [-0.25, -0.2) is 9.59 Å². The summed E-state index contributed by atoms with van der Waals surface area (Å²) in [6, 6.07) is 0. The lowest BCUT2D eigenvalue weighted by atomic mass is 9.62. The molecule has 19 heavy (non-hydrogen) atoms. The van der Waals surface area contributed by atoms with Gasteiger partial charge in [0.25, 0.3) is 0 Å². The van der Waals surface area contributed by atoms with E-state index in [1.54, 1.807) is 20.8 Å². The number of carboxylic acid groups (broad SMARTS) is 2. The second-order valence-corrected chi connectivity index (χ2v) is 6.34. The van der Waals surface area contributed by atoms with Crippen LogP contribution in [-0.4, -0.2) is 50.8 Å². The number of ether oxygens (including phenoxy) is 1. The number of hydrogen-bond acceptors (Lipinski definition) is 4. The van der Waals surface area contributed by atoms with Crippen LogP contribution in [0.25, 0.3) is 0 Å². The Morgan fingerprint density at radius 1 is 1.16 bits per heavy atom. The standard InChI is InChI=1S/C12H17NO6/c1-10(2,3)19-8(16)11-4-12(5-11,7(14)15)13(6-11)9(17)18/h4-6H2,1-3H3,(H,14,15)(H,17,18). The summed E-state index contributed by atoms with van der Waals surface area (Å²) in [4.78, 5) is 35.3. The molecular formula is C12H17NO6. The smallest absolute Gasteiger partial charge is 0.408 e. The van der Waals surface area contributed by atoms with Crippen molar-refractivity contribution in [3.8, 4) is 0 Å². The number of fused-ring (bicyclic) bond motifs is 1. The summed E-state index contributed by atoms with van der Waals surface area (Å²) in [5.41, 5.74) is -3.13. The lowest BCUT2D eigenvalue weighted by Crippen LogP contribution is -2.58. The Bertz CT molecular complexity index is 452. The number of amides is 1. The predicted octanol–water partition coefficient (Wildman–Crippen LogP) is 0.925. The second kappa shape index (κ2) is 3.61. The predicted molar refractivity (Wildman–Crippen MR) is 62.6 cm³/mol. The van der Waals surface area contributed by atoms with E-state index >= 15 is 0 Å². The molecule has 2 saturated heterocycles. The minimum atomic E-state index is -1.46. The molecule has 3 rings (SSSR count). The molecule has 1 saturated carbocycles. The SMILES string of the molecule is CC(C)(C)OC(=O)C12CN(C(=O)O)C(C(=O)O)(C1)C2. The second-order valence-electron chi connectivity index (χ2n) is 6.34. The van der Waals surface area contributed by atoms with Crippen LogP contribution in [-0.2, 0) is 14.3 Å².